The molecule has 2 rings (SSSR count). The highest BCUT2D eigenvalue weighted by Crippen LogP contribution is 2.24. The molecule has 4 heteroatoms. The van der Waals surface area contributed by atoms with E-state index in [-0.39, 0.29) is 5.91 Å². The Bertz CT molecular complexity index is 543. The fourth-order valence-corrected chi connectivity index (χ4v) is 2.54. The van der Waals surface area contributed by atoms with Crippen LogP contribution in [0.2, 0.25) is 0 Å². The topological polar surface area (TPSA) is 42.0 Å². The van der Waals surface area contributed by atoms with Gasteiger partial charge in [-0.15, -0.1) is 11.8 Å². The van der Waals surface area contributed by atoms with Crippen LogP contribution in [-0.2, 0) is 0 Å². The molecule has 0 aliphatic rings. The van der Waals surface area contributed by atoms with Crippen molar-refractivity contribution in [1.82, 2.24) is 4.98 Å². The average Bonchev–Trinajstić information content (AvgIpc) is 2.46. The van der Waals surface area contributed by atoms with Gasteiger partial charge < -0.3 is 5.32 Å². The molecule has 0 atom stereocenters. The molecular formula is C15H16N2OS. The summed E-state index contributed by atoms with van der Waals surface area (Å²) >= 11 is 1.71. The summed E-state index contributed by atoms with van der Waals surface area (Å²) in [5, 5.41) is 2.88. The number of hydrogen-bond acceptors (Lipinski definition) is 3. The maximum absolute atomic E-state index is 12.3. The lowest BCUT2D eigenvalue weighted by molar-refractivity contribution is 0.102. The molecule has 1 heterocycles. The highest BCUT2D eigenvalue weighted by molar-refractivity contribution is 7.99. The van der Waals surface area contributed by atoms with E-state index in [9.17, 15) is 4.79 Å². The third-order valence-corrected chi connectivity index (χ3v) is 3.81. The molecule has 3 nitrogen and oxygen atoms in total. The first kappa shape index (κ1) is 13.6. The molecule has 1 aromatic carbocycles. The van der Waals surface area contributed by atoms with Gasteiger partial charge in [-0.3, -0.25) is 9.78 Å². The van der Waals surface area contributed by atoms with Crippen LogP contribution in [-0.4, -0.2) is 16.6 Å². The summed E-state index contributed by atoms with van der Waals surface area (Å²) in [5.41, 5.74) is 1.48. The summed E-state index contributed by atoms with van der Waals surface area (Å²) in [6.07, 6.45) is 4.41. The SMILES string of the molecule is CCCSc1ccccc1C(=O)Nc1ccncc1. The number of pyridine rings is 1. The normalized spacial score (nSPS) is 10.2. The monoisotopic (exact) mass is 272 g/mol. The first-order valence-corrected chi connectivity index (χ1v) is 7.23. The number of benzene rings is 1. The van der Waals surface area contributed by atoms with E-state index in [1.54, 1.807) is 36.3 Å². The summed E-state index contributed by atoms with van der Waals surface area (Å²) < 4.78 is 0. The number of nitrogens with zero attached hydrogens (tertiary/aromatic N) is 1. The minimum absolute atomic E-state index is 0.0783. The van der Waals surface area contributed by atoms with Gasteiger partial charge in [0, 0.05) is 23.0 Å². The first-order chi connectivity index (χ1) is 9.31. The van der Waals surface area contributed by atoms with Crippen molar-refractivity contribution in [3.05, 3.63) is 54.4 Å². The molecule has 0 aliphatic heterocycles. The van der Waals surface area contributed by atoms with Crippen molar-refractivity contribution in [2.45, 2.75) is 18.2 Å². The molecule has 0 saturated carbocycles. The van der Waals surface area contributed by atoms with Gasteiger partial charge in [-0.1, -0.05) is 19.1 Å². The molecule has 0 saturated heterocycles. The fraction of sp³-hybridized carbons (Fsp3) is 0.200. The average molecular weight is 272 g/mol. The molecule has 2 aromatic rings. The van der Waals surface area contributed by atoms with Crippen LogP contribution in [0.4, 0.5) is 5.69 Å². The number of anilines is 1. The van der Waals surface area contributed by atoms with E-state index >= 15 is 0 Å². The van der Waals surface area contributed by atoms with E-state index in [0.717, 1.165) is 28.3 Å². The zero-order valence-corrected chi connectivity index (χ0v) is 11.6. The molecule has 0 spiro atoms. The Labute approximate surface area is 117 Å². The van der Waals surface area contributed by atoms with Gasteiger partial charge in [-0.2, -0.15) is 0 Å². The number of amides is 1. The molecule has 0 aliphatic carbocycles. The van der Waals surface area contributed by atoms with Crippen molar-refractivity contribution in [2.24, 2.45) is 0 Å². The smallest absolute Gasteiger partial charge is 0.256 e. The molecule has 19 heavy (non-hydrogen) atoms. The van der Waals surface area contributed by atoms with Gasteiger partial charge in [0.1, 0.15) is 0 Å². The summed E-state index contributed by atoms with van der Waals surface area (Å²) in [7, 11) is 0. The van der Waals surface area contributed by atoms with Gasteiger partial charge in [-0.25, -0.2) is 0 Å². The molecule has 0 bridgehead atoms. The summed E-state index contributed by atoms with van der Waals surface area (Å²) in [5.74, 6) is 0.935. The lowest BCUT2D eigenvalue weighted by Gasteiger charge is -2.09. The largest absolute Gasteiger partial charge is 0.322 e. The maximum atomic E-state index is 12.3. The van der Waals surface area contributed by atoms with E-state index in [1.807, 2.05) is 24.3 Å². The maximum Gasteiger partial charge on any atom is 0.256 e. The van der Waals surface area contributed by atoms with Crippen LogP contribution >= 0.6 is 11.8 Å². The van der Waals surface area contributed by atoms with Gasteiger partial charge in [0.15, 0.2) is 0 Å². The molecule has 1 aromatic heterocycles. The second kappa shape index (κ2) is 6.95. The Balaban J connectivity index is 2.14. The third kappa shape index (κ3) is 3.83. The Morgan fingerprint density at radius 3 is 2.68 bits per heavy atom. The van der Waals surface area contributed by atoms with Crippen molar-refractivity contribution >= 4 is 23.4 Å². The summed E-state index contributed by atoms with van der Waals surface area (Å²) in [6, 6.07) is 11.2. The van der Waals surface area contributed by atoms with Crippen molar-refractivity contribution in [1.29, 1.82) is 0 Å². The van der Waals surface area contributed by atoms with Crippen molar-refractivity contribution < 1.29 is 4.79 Å². The van der Waals surface area contributed by atoms with Crippen LogP contribution in [0.5, 0.6) is 0 Å². The molecule has 0 fully saturated rings. The molecule has 1 N–H and O–H groups in total. The minimum atomic E-state index is -0.0783. The molecule has 0 radical (unpaired) electrons. The van der Waals surface area contributed by atoms with Crippen molar-refractivity contribution in [3.63, 3.8) is 0 Å². The van der Waals surface area contributed by atoms with Gasteiger partial charge in [0.05, 0.1) is 5.56 Å². The van der Waals surface area contributed by atoms with Gasteiger partial charge in [-0.05, 0) is 36.4 Å². The van der Waals surface area contributed by atoms with Crippen LogP contribution in [0.25, 0.3) is 0 Å². The van der Waals surface area contributed by atoms with E-state index in [2.05, 4.69) is 17.2 Å². The Hall–Kier alpha value is -1.81. The van der Waals surface area contributed by atoms with Gasteiger partial charge in [0.2, 0.25) is 0 Å². The first-order valence-electron chi connectivity index (χ1n) is 6.24. The second-order valence-electron chi connectivity index (χ2n) is 4.03. The third-order valence-electron chi connectivity index (χ3n) is 2.53. The van der Waals surface area contributed by atoms with E-state index in [4.69, 9.17) is 0 Å². The fourth-order valence-electron chi connectivity index (χ4n) is 1.63. The molecule has 98 valence electrons. The number of hydrogen-bond donors (Lipinski definition) is 1. The summed E-state index contributed by atoms with van der Waals surface area (Å²) in [6.45, 7) is 2.13. The zero-order chi connectivity index (χ0) is 13.5. The quantitative estimate of drug-likeness (QED) is 0.841. The van der Waals surface area contributed by atoms with Crippen molar-refractivity contribution in [3.8, 4) is 0 Å². The van der Waals surface area contributed by atoms with Crippen LogP contribution in [0.15, 0.2) is 53.7 Å². The standard InChI is InChI=1S/C15H16N2OS/c1-2-11-19-14-6-4-3-5-13(14)15(18)17-12-7-9-16-10-8-12/h3-10H,2,11H2,1H3,(H,16,17,18). The van der Waals surface area contributed by atoms with Crippen LogP contribution in [0.1, 0.15) is 23.7 Å². The predicted octanol–water partition coefficient (Wildman–Crippen LogP) is 3.84. The Morgan fingerprint density at radius 2 is 1.95 bits per heavy atom. The predicted molar refractivity (Wildman–Crippen MR) is 79.6 cm³/mol. The second-order valence-corrected chi connectivity index (χ2v) is 5.17. The van der Waals surface area contributed by atoms with Gasteiger partial charge in [0.25, 0.3) is 5.91 Å². The van der Waals surface area contributed by atoms with E-state index < -0.39 is 0 Å². The lowest BCUT2D eigenvalue weighted by Crippen LogP contribution is -2.12. The number of nitrogens with one attached hydrogen (secondary N) is 1. The minimum Gasteiger partial charge on any atom is -0.322 e. The highest BCUT2D eigenvalue weighted by Gasteiger charge is 2.11. The van der Waals surface area contributed by atoms with E-state index in [1.165, 1.54) is 0 Å². The van der Waals surface area contributed by atoms with Crippen LogP contribution in [0.3, 0.4) is 0 Å². The van der Waals surface area contributed by atoms with Crippen LogP contribution in [0, 0.1) is 0 Å². The molecule has 1 amide bonds. The van der Waals surface area contributed by atoms with E-state index in [0.29, 0.717) is 0 Å². The number of aromatic nitrogens is 1. The Morgan fingerprint density at radius 1 is 1.21 bits per heavy atom. The molecular weight excluding hydrogens is 256 g/mol. The summed E-state index contributed by atoms with van der Waals surface area (Å²) in [4.78, 5) is 17.2. The number of carbonyl (C=O) groups is 1. The zero-order valence-electron chi connectivity index (χ0n) is 10.8. The van der Waals surface area contributed by atoms with Gasteiger partial charge >= 0.3 is 0 Å². The van der Waals surface area contributed by atoms with Crippen LogP contribution < -0.4 is 5.32 Å². The number of thioether (sulfide) groups is 1. The Kier molecular flexibility index (Phi) is 4.98. The number of rotatable bonds is 5. The highest BCUT2D eigenvalue weighted by atomic mass is 32.2. The molecule has 0 unspecified atom stereocenters. The number of carbonyl (C=O) groups excluding carboxylic acids is 1. The lowest BCUT2D eigenvalue weighted by atomic mass is 10.2. The van der Waals surface area contributed by atoms with Crippen molar-refractivity contribution in [2.75, 3.05) is 11.1 Å².